The molecule has 0 unspecified atom stereocenters. The third-order valence-corrected chi connectivity index (χ3v) is 1.36. The van der Waals surface area contributed by atoms with Crippen molar-refractivity contribution in [2.24, 2.45) is 5.11 Å². The third-order valence-electron chi connectivity index (χ3n) is 1.36. The molecular weight excluding hydrogens is 132 g/mol. The highest BCUT2D eigenvalue weighted by molar-refractivity contribution is 4.72. The van der Waals surface area contributed by atoms with Crippen LogP contribution in [0.15, 0.2) is 5.11 Å². The van der Waals surface area contributed by atoms with Crippen LogP contribution in [0, 0.1) is 0 Å². The number of hydrogen-bond acceptors (Lipinski definition) is 3. The van der Waals surface area contributed by atoms with E-state index in [1.807, 2.05) is 0 Å². The van der Waals surface area contributed by atoms with Crippen LogP contribution >= 0.6 is 0 Å². The van der Waals surface area contributed by atoms with E-state index in [-0.39, 0.29) is 6.04 Å². The maximum absolute atomic E-state index is 7.99. The molecule has 0 aromatic carbocycles. The molecule has 0 bridgehead atoms. The van der Waals surface area contributed by atoms with E-state index in [1.54, 1.807) is 0 Å². The summed E-state index contributed by atoms with van der Waals surface area (Å²) in [4.78, 5) is 2.66. The number of ether oxygens (including phenoxy) is 1. The normalized spacial score (nSPS) is 25.4. The lowest BCUT2D eigenvalue weighted by atomic mass is 10.3. The predicted molar refractivity (Wildman–Crippen MR) is 36.6 cm³/mol. The predicted octanol–water partition coefficient (Wildman–Crippen LogP) is 0.285. The first kappa shape index (κ1) is 7.34. The number of morpholine rings is 1. The second kappa shape index (κ2) is 4.11. The summed E-state index contributed by atoms with van der Waals surface area (Å²) in [6.45, 7) is 2.74. The van der Waals surface area contributed by atoms with E-state index in [2.05, 4.69) is 15.3 Å². The fourth-order valence-electron chi connectivity index (χ4n) is 0.872. The van der Waals surface area contributed by atoms with Crippen molar-refractivity contribution < 1.29 is 4.74 Å². The van der Waals surface area contributed by atoms with Gasteiger partial charge in [0, 0.05) is 24.0 Å². The molecule has 1 heterocycles. The summed E-state index contributed by atoms with van der Waals surface area (Å²) in [6.07, 6.45) is 0. The minimum atomic E-state index is 0.213. The van der Waals surface area contributed by atoms with E-state index in [4.69, 9.17) is 10.3 Å². The van der Waals surface area contributed by atoms with Crippen molar-refractivity contribution in [3.8, 4) is 0 Å². The van der Waals surface area contributed by atoms with Gasteiger partial charge >= 0.3 is 0 Å². The van der Waals surface area contributed by atoms with Crippen LogP contribution < -0.4 is 5.32 Å². The highest BCUT2D eigenvalue weighted by Gasteiger charge is 2.10. The Morgan fingerprint density at radius 3 is 3.30 bits per heavy atom. The quantitative estimate of drug-likeness (QED) is 0.342. The number of nitrogens with zero attached hydrogens (tertiary/aromatic N) is 3. The van der Waals surface area contributed by atoms with Crippen molar-refractivity contribution in [1.82, 2.24) is 5.32 Å². The van der Waals surface area contributed by atoms with Gasteiger partial charge in [-0.1, -0.05) is 5.11 Å². The van der Waals surface area contributed by atoms with Gasteiger partial charge in [-0.15, -0.1) is 0 Å². The van der Waals surface area contributed by atoms with E-state index in [9.17, 15) is 0 Å². The number of rotatable bonds is 2. The molecule has 0 radical (unpaired) electrons. The summed E-state index contributed by atoms with van der Waals surface area (Å²) in [6, 6.07) is 0.213. The molecule has 56 valence electrons. The smallest absolute Gasteiger partial charge is 0.0621 e. The molecule has 10 heavy (non-hydrogen) atoms. The van der Waals surface area contributed by atoms with Crippen molar-refractivity contribution >= 4 is 0 Å². The lowest BCUT2D eigenvalue weighted by molar-refractivity contribution is 0.0795. The van der Waals surface area contributed by atoms with E-state index >= 15 is 0 Å². The molecular formula is C5H10N4O. The molecule has 1 aliphatic rings. The van der Waals surface area contributed by atoms with Crippen LogP contribution in [-0.4, -0.2) is 32.3 Å². The SMILES string of the molecule is [N-]=[N+]=NC[C@@H]1COCCN1. The van der Waals surface area contributed by atoms with E-state index in [0.717, 1.165) is 13.2 Å². The van der Waals surface area contributed by atoms with Crippen molar-refractivity contribution in [2.75, 3.05) is 26.3 Å². The second-order valence-electron chi connectivity index (χ2n) is 2.14. The summed E-state index contributed by atoms with van der Waals surface area (Å²) >= 11 is 0. The molecule has 5 heteroatoms. The van der Waals surface area contributed by atoms with Crippen molar-refractivity contribution in [1.29, 1.82) is 0 Å². The Morgan fingerprint density at radius 2 is 2.70 bits per heavy atom. The zero-order chi connectivity index (χ0) is 7.23. The Labute approximate surface area is 59.0 Å². The summed E-state index contributed by atoms with van der Waals surface area (Å²) in [7, 11) is 0. The topological polar surface area (TPSA) is 70.0 Å². The van der Waals surface area contributed by atoms with E-state index in [0.29, 0.717) is 13.2 Å². The maximum Gasteiger partial charge on any atom is 0.0621 e. The van der Waals surface area contributed by atoms with Crippen LogP contribution in [0.2, 0.25) is 0 Å². The molecule has 0 amide bonds. The Morgan fingerprint density at radius 1 is 1.80 bits per heavy atom. The molecule has 1 rings (SSSR count). The van der Waals surface area contributed by atoms with Gasteiger partial charge in [0.05, 0.1) is 13.2 Å². The minimum Gasteiger partial charge on any atom is -0.379 e. The first-order chi connectivity index (χ1) is 4.93. The summed E-state index contributed by atoms with van der Waals surface area (Å²) in [5.74, 6) is 0. The monoisotopic (exact) mass is 142 g/mol. The van der Waals surface area contributed by atoms with Crippen molar-refractivity contribution in [2.45, 2.75) is 6.04 Å². The maximum atomic E-state index is 7.99. The Bertz CT molecular complexity index is 137. The number of azide groups is 1. The van der Waals surface area contributed by atoms with Crippen molar-refractivity contribution in [3.05, 3.63) is 10.4 Å². The van der Waals surface area contributed by atoms with E-state index < -0.39 is 0 Å². The van der Waals surface area contributed by atoms with Crippen LogP contribution in [0.3, 0.4) is 0 Å². The van der Waals surface area contributed by atoms with E-state index in [1.165, 1.54) is 0 Å². The van der Waals surface area contributed by atoms with Crippen LogP contribution in [0.1, 0.15) is 0 Å². The third kappa shape index (κ3) is 2.23. The lowest BCUT2D eigenvalue weighted by Crippen LogP contribution is -2.42. The first-order valence-corrected chi connectivity index (χ1v) is 3.25. The fourth-order valence-corrected chi connectivity index (χ4v) is 0.872. The molecule has 1 fully saturated rings. The van der Waals surface area contributed by atoms with Gasteiger partial charge in [-0.05, 0) is 5.53 Å². The van der Waals surface area contributed by atoms with Gasteiger partial charge in [0.1, 0.15) is 0 Å². The van der Waals surface area contributed by atoms with Crippen LogP contribution in [0.4, 0.5) is 0 Å². The standard InChI is InChI=1S/C5H10N4O/c6-9-8-3-5-4-10-2-1-7-5/h5,7H,1-4H2/t5-/m1/s1. The number of nitrogens with one attached hydrogen (secondary N) is 1. The van der Waals surface area contributed by atoms with Gasteiger partial charge in [-0.25, -0.2) is 0 Å². The second-order valence-corrected chi connectivity index (χ2v) is 2.14. The highest BCUT2D eigenvalue weighted by Crippen LogP contribution is 1.92. The Kier molecular flexibility index (Phi) is 3.02. The molecule has 0 aromatic rings. The molecule has 1 aliphatic heterocycles. The molecule has 0 saturated carbocycles. The molecule has 1 saturated heterocycles. The lowest BCUT2D eigenvalue weighted by Gasteiger charge is -2.21. The zero-order valence-electron chi connectivity index (χ0n) is 5.66. The molecule has 0 aliphatic carbocycles. The summed E-state index contributed by atoms with van der Waals surface area (Å²) in [5, 5.41) is 6.60. The molecule has 5 nitrogen and oxygen atoms in total. The highest BCUT2D eigenvalue weighted by atomic mass is 16.5. The average molecular weight is 142 g/mol. The van der Waals surface area contributed by atoms with Crippen molar-refractivity contribution in [3.63, 3.8) is 0 Å². The van der Waals surface area contributed by atoms with Crippen LogP contribution in [-0.2, 0) is 4.74 Å². The van der Waals surface area contributed by atoms with Gasteiger partial charge in [-0.3, -0.25) is 0 Å². The van der Waals surface area contributed by atoms with Crippen LogP contribution in [0.25, 0.3) is 10.4 Å². The molecule has 0 aromatic heterocycles. The molecule has 1 atom stereocenters. The molecule has 1 N–H and O–H groups in total. The van der Waals surface area contributed by atoms with Crippen LogP contribution in [0.5, 0.6) is 0 Å². The Hall–Kier alpha value is -0.770. The van der Waals surface area contributed by atoms with Gasteiger partial charge in [0.25, 0.3) is 0 Å². The molecule has 0 spiro atoms. The fraction of sp³-hybridized carbons (Fsp3) is 1.00. The van der Waals surface area contributed by atoms with Gasteiger partial charge in [0.15, 0.2) is 0 Å². The number of hydrogen-bond donors (Lipinski definition) is 1. The first-order valence-electron chi connectivity index (χ1n) is 3.25. The van der Waals surface area contributed by atoms with Gasteiger partial charge in [-0.2, -0.15) is 0 Å². The average Bonchev–Trinajstić information content (AvgIpc) is 2.03. The largest absolute Gasteiger partial charge is 0.379 e. The van der Waals surface area contributed by atoms with Gasteiger partial charge in [0.2, 0.25) is 0 Å². The zero-order valence-corrected chi connectivity index (χ0v) is 5.66. The Balaban J connectivity index is 2.19. The summed E-state index contributed by atoms with van der Waals surface area (Å²) in [5.41, 5.74) is 7.99. The summed E-state index contributed by atoms with van der Waals surface area (Å²) < 4.78 is 5.13. The minimum absolute atomic E-state index is 0.213. The van der Waals surface area contributed by atoms with Gasteiger partial charge < -0.3 is 10.1 Å².